The second-order valence-corrected chi connectivity index (χ2v) is 9.31. The molecule has 2 aromatic heterocycles. The van der Waals surface area contributed by atoms with Gasteiger partial charge in [0.05, 0.1) is 49.3 Å². The van der Waals surface area contributed by atoms with Gasteiger partial charge >= 0.3 is 5.69 Å². The monoisotopic (exact) mass is 503 g/mol. The maximum atomic E-state index is 13.3. The van der Waals surface area contributed by atoms with Gasteiger partial charge in [-0.2, -0.15) is 0 Å². The molecule has 0 saturated carbocycles. The summed E-state index contributed by atoms with van der Waals surface area (Å²) in [5.41, 5.74) is 7.53. The number of aliphatic hydroxyl groups excluding tert-OH is 4. The molecule has 6 atom stereocenters. The first-order chi connectivity index (χ1) is 17.2. The second kappa shape index (κ2) is 9.42. The fraction of sp³-hybridized carbons (Fsp3) is 0.522. The fourth-order valence-electron chi connectivity index (χ4n) is 4.87. The van der Waals surface area contributed by atoms with Gasteiger partial charge in [-0.1, -0.05) is 0 Å². The molecule has 5 rings (SSSR count). The molecular formula is C23H29N5O8. The zero-order valence-corrected chi connectivity index (χ0v) is 19.6. The maximum Gasteiger partial charge on any atom is 0.333 e. The van der Waals surface area contributed by atoms with Crippen molar-refractivity contribution in [3.63, 3.8) is 0 Å². The number of ether oxygens (including phenoxy) is 2. The van der Waals surface area contributed by atoms with Gasteiger partial charge in [-0.25, -0.2) is 9.78 Å². The van der Waals surface area contributed by atoms with Crippen LogP contribution in [-0.2, 0) is 16.0 Å². The fourth-order valence-corrected chi connectivity index (χ4v) is 4.87. The molecule has 36 heavy (non-hydrogen) atoms. The van der Waals surface area contributed by atoms with E-state index in [0.717, 1.165) is 4.57 Å². The Balaban J connectivity index is 1.48. The highest BCUT2D eigenvalue weighted by molar-refractivity contribution is 5.81. The number of anilines is 1. The van der Waals surface area contributed by atoms with E-state index < -0.39 is 48.1 Å². The molecule has 0 radical (unpaired) electrons. The van der Waals surface area contributed by atoms with Gasteiger partial charge in [-0.05, 0) is 24.6 Å². The number of fused-ring (bicyclic) bond motifs is 1. The first-order valence-corrected chi connectivity index (χ1v) is 11.7. The predicted octanol–water partition coefficient (Wildman–Crippen LogP) is -1.42. The lowest BCUT2D eigenvalue weighted by molar-refractivity contribution is -0.0463. The third-order valence-corrected chi connectivity index (χ3v) is 6.92. The number of aromatic nitrogens is 4. The van der Waals surface area contributed by atoms with E-state index in [1.54, 1.807) is 30.0 Å². The highest BCUT2D eigenvalue weighted by Gasteiger charge is 2.36. The molecule has 194 valence electrons. The maximum absolute atomic E-state index is 13.3. The van der Waals surface area contributed by atoms with Gasteiger partial charge in [0.15, 0.2) is 0 Å². The van der Waals surface area contributed by atoms with E-state index in [1.165, 1.54) is 10.8 Å². The van der Waals surface area contributed by atoms with Gasteiger partial charge in [0.25, 0.3) is 5.56 Å². The summed E-state index contributed by atoms with van der Waals surface area (Å²) in [7, 11) is 0. The van der Waals surface area contributed by atoms with Gasteiger partial charge < -0.3 is 40.2 Å². The van der Waals surface area contributed by atoms with Crippen LogP contribution in [0.3, 0.4) is 0 Å². The number of aliphatic hydroxyl groups is 4. The molecule has 2 saturated heterocycles. The van der Waals surface area contributed by atoms with Crippen molar-refractivity contribution in [2.45, 2.75) is 63.2 Å². The predicted molar refractivity (Wildman–Crippen MR) is 126 cm³/mol. The van der Waals surface area contributed by atoms with Crippen LogP contribution in [0.2, 0.25) is 0 Å². The Morgan fingerprint density at radius 2 is 1.64 bits per heavy atom. The van der Waals surface area contributed by atoms with Crippen molar-refractivity contribution in [3.8, 4) is 0 Å². The van der Waals surface area contributed by atoms with Crippen LogP contribution < -0.4 is 17.0 Å². The lowest BCUT2D eigenvalue weighted by Crippen LogP contribution is -2.42. The van der Waals surface area contributed by atoms with E-state index in [0.29, 0.717) is 27.8 Å². The van der Waals surface area contributed by atoms with Crippen molar-refractivity contribution in [3.05, 3.63) is 56.6 Å². The van der Waals surface area contributed by atoms with Crippen LogP contribution in [0, 0.1) is 6.92 Å². The summed E-state index contributed by atoms with van der Waals surface area (Å²) >= 11 is 0. The number of hydrogen-bond acceptors (Lipinski definition) is 10. The molecule has 6 N–H and O–H groups in total. The third kappa shape index (κ3) is 4.13. The van der Waals surface area contributed by atoms with Crippen LogP contribution in [0.15, 0.2) is 34.2 Å². The number of aryl methyl sites for hydroxylation is 1. The summed E-state index contributed by atoms with van der Waals surface area (Å²) < 4.78 is 15.4. The number of benzene rings is 1. The lowest BCUT2D eigenvalue weighted by atomic mass is 10.1. The van der Waals surface area contributed by atoms with E-state index in [-0.39, 0.29) is 32.6 Å². The Kier molecular flexibility index (Phi) is 6.44. The summed E-state index contributed by atoms with van der Waals surface area (Å²) in [6.45, 7) is 0.774. The Morgan fingerprint density at radius 3 is 2.22 bits per heavy atom. The molecule has 2 aliphatic heterocycles. The smallest absolute Gasteiger partial charge is 0.333 e. The molecule has 0 aliphatic carbocycles. The SMILES string of the molecule is Cc1cn([C@H]2C[C@H](O)[C@@H](CO)O2)c(=O)n(Cc2cc3ncn([C@H]4C[C@H](O)[C@@H](CO)O4)c3cc2N)c1=O. The van der Waals surface area contributed by atoms with E-state index in [2.05, 4.69) is 4.98 Å². The third-order valence-electron chi connectivity index (χ3n) is 6.92. The summed E-state index contributed by atoms with van der Waals surface area (Å²) in [5.74, 6) is 0. The highest BCUT2D eigenvalue weighted by Crippen LogP contribution is 2.32. The first-order valence-electron chi connectivity index (χ1n) is 11.7. The molecule has 0 bridgehead atoms. The van der Waals surface area contributed by atoms with Crippen molar-refractivity contribution in [2.24, 2.45) is 0 Å². The van der Waals surface area contributed by atoms with Crippen LogP contribution in [0.1, 0.15) is 36.4 Å². The Hall–Kier alpha value is -3.07. The number of nitrogen functional groups attached to an aromatic ring is 1. The summed E-state index contributed by atoms with van der Waals surface area (Å²) in [4.78, 5) is 30.5. The molecule has 0 spiro atoms. The van der Waals surface area contributed by atoms with E-state index >= 15 is 0 Å². The molecule has 13 heteroatoms. The minimum Gasteiger partial charge on any atom is -0.398 e. The molecular weight excluding hydrogens is 474 g/mol. The molecule has 2 fully saturated rings. The molecule has 13 nitrogen and oxygen atoms in total. The molecule has 0 unspecified atom stereocenters. The quantitative estimate of drug-likeness (QED) is 0.250. The molecule has 1 aromatic carbocycles. The van der Waals surface area contributed by atoms with Gasteiger partial charge in [-0.15, -0.1) is 0 Å². The minimum atomic E-state index is -0.932. The lowest BCUT2D eigenvalue weighted by Gasteiger charge is -2.18. The zero-order chi connectivity index (χ0) is 25.7. The van der Waals surface area contributed by atoms with Crippen LogP contribution in [0.4, 0.5) is 5.69 Å². The number of nitrogens with two attached hydrogens (primary N) is 1. The van der Waals surface area contributed by atoms with Crippen molar-refractivity contribution in [1.82, 2.24) is 18.7 Å². The second-order valence-electron chi connectivity index (χ2n) is 9.31. The first kappa shape index (κ1) is 24.6. The number of hydrogen-bond donors (Lipinski definition) is 5. The van der Waals surface area contributed by atoms with Crippen molar-refractivity contribution in [2.75, 3.05) is 18.9 Å². The van der Waals surface area contributed by atoms with Gasteiger partial charge in [0, 0.05) is 30.3 Å². The zero-order valence-electron chi connectivity index (χ0n) is 19.6. The Bertz CT molecular complexity index is 1400. The molecule has 4 heterocycles. The topological polar surface area (TPSA) is 187 Å². The summed E-state index contributed by atoms with van der Waals surface area (Å²) in [5, 5.41) is 38.9. The van der Waals surface area contributed by atoms with Gasteiger partial charge in [0.2, 0.25) is 0 Å². The van der Waals surface area contributed by atoms with E-state index in [1.807, 2.05) is 0 Å². The van der Waals surface area contributed by atoms with Crippen LogP contribution in [0.25, 0.3) is 11.0 Å². The summed E-state index contributed by atoms with van der Waals surface area (Å²) in [6, 6.07) is 3.35. The average molecular weight is 504 g/mol. The van der Waals surface area contributed by atoms with Crippen molar-refractivity contribution < 1.29 is 29.9 Å². The van der Waals surface area contributed by atoms with E-state index in [9.17, 15) is 30.0 Å². The highest BCUT2D eigenvalue weighted by atomic mass is 16.5. The van der Waals surface area contributed by atoms with Crippen LogP contribution in [0.5, 0.6) is 0 Å². The van der Waals surface area contributed by atoms with E-state index in [4.69, 9.17) is 15.2 Å². The van der Waals surface area contributed by atoms with Gasteiger partial charge in [0.1, 0.15) is 24.7 Å². The Morgan fingerprint density at radius 1 is 1.03 bits per heavy atom. The Labute approximate surface area is 204 Å². The number of imidazole rings is 1. The normalized spacial score (nSPS) is 28.4. The average Bonchev–Trinajstić information content (AvgIpc) is 3.54. The van der Waals surface area contributed by atoms with Gasteiger partial charge in [-0.3, -0.25) is 13.9 Å². The van der Waals surface area contributed by atoms with Crippen molar-refractivity contribution in [1.29, 1.82) is 0 Å². The minimum absolute atomic E-state index is 0.101. The summed E-state index contributed by atoms with van der Waals surface area (Å²) in [6.07, 6.45) is -1.25. The van der Waals surface area contributed by atoms with Crippen LogP contribution >= 0.6 is 0 Å². The number of rotatable bonds is 6. The number of nitrogens with zero attached hydrogens (tertiary/aromatic N) is 4. The van der Waals surface area contributed by atoms with Crippen molar-refractivity contribution >= 4 is 16.7 Å². The molecule has 0 amide bonds. The molecule has 2 aliphatic rings. The van der Waals surface area contributed by atoms with Crippen LogP contribution in [-0.4, -0.2) is 76.7 Å². The standard InChI is InChI=1S/C23H29N5O8/c1-11-6-26(20-4-16(31)18(8-29)35-20)23(34)27(22(11)33)7-12-2-14-15(3-13(12)24)28(10-25-14)21-5-17(32)19(9-30)36-21/h2-3,6,10,16-21,29-32H,4-5,7-9,24H2,1H3/t16-,17-,18+,19+,20+,21+/m0/s1. The largest absolute Gasteiger partial charge is 0.398 e. The molecule has 3 aromatic rings.